The number of piperidine rings is 1. The summed E-state index contributed by atoms with van der Waals surface area (Å²) in [4.78, 5) is 20.3. The Bertz CT molecular complexity index is 1170. The normalized spacial score (nSPS) is 16.6. The van der Waals surface area contributed by atoms with Gasteiger partial charge in [0, 0.05) is 19.2 Å². The van der Waals surface area contributed by atoms with Crippen molar-refractivity contribution in [3.8, 4) is 5.75 Å². The SMILES string of the molecule is O=C(NCC1CCN(CCCOc2cccc(F)c2)CC1)C1=Cc2cnc3cccc(n23)S1. The number of amides is 1. The van der Waals surface area contributed by atoms with Crippen LogP contribution < -0.4 is 10.1 Å². The van der Waals surface area contributed by atoms with E-state index in [1.807, 2.05) is 30.5 Å². The highest BCUT2D eigenvalue weighted by molar-refractivity contribution is 8.04. The Morgan fingerprint density at radius 1 is 1.21 bits per heavy atom. The maximum absolute atomic E-state index is 13.2. The summed E-state index contributed by atoms with van der Waals surface area (Å²) in [7, 11) is 0. The Morgan fingerprint density at radius 3 is 2.91 bits per heavy atom. The highest BCUT2D eigenvalue weighted by atomic mass is 32.2. The van der Waals surface area contributed by atoms with Crippen LogP contribution in [-0.4, -0.2) is 53.0 Å². The van der Waals surface area contributed by atoms with Crippen molar-refractivity contribution in [2.24, 2.45) is 5.92 Å². The molecule has 1 saturated heterocycles. The van der Waals surface area contributed by atoms with Crippen LogP contribution in [0.4, 0.5) is 4.39 Å². The number of rotatable bonds is 8. The number of pyridine rings is 1. The summed E-state index contributed by atoms with van der Waals surface area (Å²) in [6.07, 6.45) is 6.78. The zero-order valence-corrected chi connectivity index (χ0v) is 19.2. The van der Waals surface area contributed by atoms with Crippen molar-refractivity contribution in [2.75, 3.05) is 32.8 Å². The third-order valence-electron chi connectivity index (χ3n) is 6.18. The fourth-order valence-electron chi connectivity index (χ4n) is 4.37. The molecule has 33 heavy (non-hydrogen) atoms. The molecule has 0 aliphatic carbocycles. The Morgan fingerprint density at radius 2 is 2.06 bits per heavy atom. The summed E-state index contributed by atoms with van der Waals surface area (Å²) in [6.45, 7) is 4.31. The lowest BCUT2D eigenvalue weighted by atomic mass is 9.96. The second kappa shape index (κ2) is 9.97. The van der Waals surface area contributed by atoms with Crippen LogP contribution >= 0.6 is 11.8 Å². The molecule has 8 heteroatoms. The van der Waals surface area contributed by atoms with Crippen LogP contribution in [0.5, 0.6) is 5.75 Å². The van der Waals surface area contributed by atoms with Gasteiger partial charge in [-0.15, -0.1) is 0 Å². The van der Waals surface area contributed by atoms with Crippen molar-refractivity contribution in [2.45, 2.75) is 24.3 Å². The summed E-state index contributed by atoms with van der Waals surface area (Å²) < 4.78 is 20.9. The number of likely N-dealkylation sites (tertiary alicyclic amines) is 1. The minimum Gasteiger partial charge on any atom is -0.493 e. The van der Waals surface area contributed by atoms with E-state index in [0.717, 1.165) is 55.3 Å². The van der Waals surface area contributed by atoms with Gasteiger partial charge in [-0.25, -0.2) is 9.37 Å². The molecule has 0 radical (unpaired) electrons. The van der Waals surface area contributed by atoms with Crippen LogP contribution in [0.2, 0.25) is 0 Å². The number of nitrogens with one attached hydrogen (secondary N) is 1. The summed E-state index contributed by atoms with van der Waals surface area (Å²) >= 11 is 1.49. The number of ether oxygens (including phenoxy) is 1. The lowest BCUT2D eigenvalue weighted by Gasteiger charge is -2.32. The summed E-state index contributed by atoms with van der Waals surface area (Å²) in [6, 6.07) is 12.2. The van der Waals surface area contributed by atoms with E-state index >= 15 is 0 Å². The smallest absolute Gasteiger partial charge is 0.258 e. The minimum atomic E-state index is -0.274. The third kappa shape index (κ3) is 5.23. The molecule has 0 atom stereocenters. The fraction of sp³-hybridized carbons (Fsp3) is 0.360. The number of aromatic nitrogens is 2. The number of carbonyl (C=O) groups excluding carboxylic acids is 1. The van der Waals surface area contributed by atoms with E-state index in [0.29, 0.717) is 29.7 Å². The number of carbonyl (C=O) groups is 1. The molecule has 0 unspecified atom stereocenters. The van der Waals surface area contributed by atoms with E-state index in [1.54, 1.807) is 12.1 Å². The molecule has 4 heterocycles. The number of halogens is 1. The fourth-order valence-corrected chi connectivity index (χ4v) is 5.38. The first-order valence-electron chi connectivity index (χ1n) is 11.4. The number of thioether (sulfide) groups is 1. The van der Waals surface area contributed by atoms with Gasteiger partial charge in [-0.3, -0.25) is 9.20 Å². The number of hydrogen-bond donors (Lipinski definition) is 1. The second-order valence-corrected chi connectivity index (χ2v) is 9.57. The highest BCUT2D eigenvalue weighted by Crippen LogP contribution is 2.34. The third-order valence-corrected chi connectivity index (χ3v) is 7.23. The average molecular weight is 467 g/mol. The second-order valence-electron chi connectivity index (χ2n) is 8.51. The van der Waals surface area contributed by atoms with Crippen LogP contribution in [0.1, 0.15) is 25.0 Å². The molecule has 0 spiro atoms. The molecule has 2 aliphatic rings. The predicted molar refractivity (Wildman–Crippen MR) is 128 cm³/mol. The standard InChI is InChI=1S/C25H27FN4O2S/c26-19-4-1-5-21(14-19)32-13-3-10-29-11-8-18(9-12-29)16-28-25(31)22-15-20-17-27-23-6-2-7-24(33-22)30(20)23/h1-2,4-7,14-15,17-18H,3,8-13,16H2,(H,28,31). The summed E-state index contributed by atoms with van der Waals surface area (Å²) in [5.74, 6) is 0.791. The van der Waals surface area contributed by atoms with Crippen molar-refractivity contribution in [1.29, 1.82) is 0 Å². The average Bonchev–Trinajstić information content (AvgIpc) is 3.25. The predicted octanol–water partition coefficient (Wildman–Crippen LogP) is 4.22. The van der Waals surface area contributed by atoms with Gasteiger partial charge in [-0.2, -0.15) is 0 Å². The lowest BCUT2D eigenvalue weighted by Crippen LogP contribution is -2.39. The largest absolute Gasteiger partial charge is 0.493 e. The Hall–Kier alpha value is -2.84. The molecule has 3 aromatic rings. The first-order chi connectivity index (χ1) is 16.2. The van der Waals surface area contributed by atoms with Gasteiger partial charge in [0.15, 0.2) is 0 Å². The molecule has 5 rings (SSSR count). The van der Waals surface area contributed by atoms with E-state index in [9.17, 15) is 9.18 Å². The van der Waals surface area contributed by atoms with Crippen LogP contribution in [0.25, 0.3) is 11.7 Å². The van der Waals surface area contributed by atoms with Crippen LogP contribution in [0.3, 0.4) is 0 Å². The number of imidazole rings is 1. The van der Waals surface area contributed by atoms with Crippen molar-refractivity contribution in [3.05, 3.63) is 65.1 Å². The Kier molecular flexibility index (Phi) is 6.64. The van der Waals surface area contributed by atoms with Gasteiger partial charge in [0.05, 0.1) is 28.4 Å². The van der Waals surface area contributed by atoms with Gasteiger partial charge >= 0.3 is 0 Å². The molecular formula is C25H27FN4O2S. The van der Waals surface area contributed by atoms with Crippen LogP contribution in [0.15, 0.2) is 58.6 Å². The van der Waals surface area contributed by atoms with Gasteiger partial charge in [0.25, 0.3) is 5.91 Å². The molecular weight excluding hydrogens is 439 g/mol. The van der Waals surface area contributed by atoms with E-state index in [2.05, 4.69) is 19.6 Å². The van der Waals surface area contributed by atoms with Gasteiger partial charge in [0.1, 0.15) is 17.2 Å². The van der Waals surface area contributed by atoms with E-state index in [4.69, 9.17) is 4.74 Å². The molecule has 0 saturated carbocycles. The van der Waals surface area contributed by atoms with Gasteiger partial charge in [-0.05, 0) is 68.6 Å². The number of hydrogen-bond acceptors (Lipinski definition) is 5. The molecule has 2 aromatic heterocycles. The maximum Gasteiger partial charge on any atom is 0.258 e. The monoisotopic (exact) mass is 466 g/mol. The van der Waals surface area contributed by atoms with Crippen molar-refractivity contribution >= 4 is 29.4 Å². The lowest BCUT2D eigenvalue weighted by molar-refractivity contribution is -0.117. The Labute approximate surface area is 196 Å². The summed E-state index contributed by atoms with van der Waals surface area (Å²) in [5.41, 5.74) is 1.84. The number of benzene rings is 1. The first-order valence-corrected chi connectivity index (χ1v) is 12.2. The first kappa shape index (κ1) is 22.0. The molecule has 1 N–H and O–H groups in total. The molecule has 1 amide bonds. The van der Waals surface area contributed by atoms with Crippen molar-refractivity contribution in [3.63, 3.8) is 0 Å². The van der Waals surface area contributed by atoms with Crippen molar-refractivity contribution in [1.82, 2.24) is 19.6 Å². The van der Waals surface area contributed by atoms with E-state index in [1.165, 1.54) is 23.9 Å². The molecule has 1 fully saturated rings. The maximum atomic E-state index is 13.2. The van der Waals surface area contributed by atoms with Crippen LogP contribution in [0, 0.1) is 11.7 Å². The molecule has 0 bridgehead atoms. The molecule has 1 aromatic carbocycles. The minimum absolute atomic E-state index is 0.0126. The van der Waals surface area contributed by atoms with E-state index < -0.39 is 0 Å². The molecule has 172 valence electrons. The molecule has 6 nitrogen and oxygen atoms in total. The quantitative estimate of drug-likeness (QED) is 0.504. The summed E-state index contributed by atoms with van der Waals surface area (Å²) in [5, 5.41) is 4.16. The van der Waals surface area contributed by atoms with Gasteiger partial charge < -0.3 is 15.0 Å². The zero-order chi connectivity index (χ0) is 22.6. The topological polar surface area (TPSA) is 58.9 Å². The Balaban J connectivity index is 1.02. The highest BCUT2D eigenvalue weighted by Gasteiger charge is 2.23. The van der Waals surface area contributed by atoms with E-state index in [-0.39, 0.29) is 11.7 Å². The molecule has 2 aliphatic heterocycles. The number of nitrogens with zero attached hydrogens (tertiary/aromatic N) is 3. The van der Waals surface area contributed by atoms with Gasteiger partial charge in [0.2, 0.25) is 0 Å². The van der Waals surface area contributed by atoms with Gasteiger partial charge in [-0.1, -0.05) is 23.9 Å². The van der Waals surface area contributed by atoms with Crippen LogP contribution in [-0.2, 0) is 4.79 Å². The zero-order valence-electron chi connectivity index (χ0n) is 18.4. The van der Waals surface area contributed by atoms with Crippen molar-refractivity contribution < 1.29 is 13.9 Å².